The van der Waals surface area contributed by atoms with E-state index in [0.29, 0.717) is 41.7 Å². The number of carbonyl (C=O) groups is 1. The third kappa shape index (κ3) is 5.41. The Labute approximate surface area is 222 Å². The summed E-state index contributed by atoms with van der Waals surface area (Å²) < 4.78 is 50.9. The summed E-state index contributed by atoms with van der Waals surface area (Å²) in [6.07, 6.45) is -1.22. The fourth-order valence-corrected chi connectivity index (χ4v) is 4.77. The van der Waals surface area contributed by atoms with E-state index < -0.39 is 35.2 Å². The lowest BCUT2D eigenvalue weighted by atomic mass is 10.1. The maximum Gasteiger partial charge on any atom is 0.416 e. The fraction of sp³-hybridized carbons (Fsp3) is 0.407. The fourth-order valence-electron chi connectivity index (χ4n) is 4.77. The minimum atomic E-state index is -4.46. The van der Waals surface area contributed by atoms with Gasteiger partial charge >= 0.3 is 17.8 Å². The van der Waals surface area contributed by atoms with Gasteiger partial charge in [-0.2, -0.15) is 18.3 Å². The van der Waals surface area contributed by atoms with Gasteiger partial charge in [-0.05, 0) is 37.1 Å². The van der Waals surface area contributed by atoms with Gasteiger partial charge in [-0.15, -0.1) is 0 Å². The lowest BCUT2D eigenvalue weighted by Crippen LogP contribution is -2.40. The number of benzene rings is 1. The van der Waals surface area contributed by atoms with Crippen molar-refractivity contribution in [3.05, 3.63) is 74.7 Å². The Morgan fingerprint density at radius 2 is 1.85 bits per heavy atom. The number of carbonyl (C=O) groups excluding carboxylic acids is 1. The lowest BCUT2D eigenvalue weighted by Gasteiger charge is -2.21. The SMILES string of the molecule is CCCn1c(=O)c2c(cc(-c3cnn(Cc4cccc(C(F)(F)F)c4)c3)n2C(CC)OC(C)=O)n(CC)c1=O. The normalized spacial score (nSPS) is 12.7. The Morgan fingerprint density at radius 1 is 1.10 bits per heavy atom. The summed E-state index contributed by atoms with van der Waals surface area (Å²) in [5.41, 5.74) is 0.386. The number of nitrogens with zero attached hydrogens (tertiary/aromatic N) is 5. The van der Waals surface area contributed by atoms with Gasteiger partial charge in [0.25, 0.3) is 5.56 Å². The molecular weight excluding hydrogens is 515 g/mol. The maximum absolute atomic E-state index is 13.6. The van der Waals surface area contributed by atoms with Crippen molar-refractivity contribution in [1.29, 1.82) is 0 Å². The second kappa shape index (κ2) is 11.0. The van der Waals surface area contributed by atoms with Crippen LogP contribution in [0.2, 0.25) is 0 Å². The molecule has 4 aromatic rings. The number of halogens is 3. The summed E-state index contributed by atoms with van der Waals surface area (Å²) in [6.45, 7) is 7.36. The van der Waals surface area contributed by atoms with Gasteiger partial charge in [-0.3, -0.25) is 28.0 Å². The molecule has 39 heavy (non-hydrogen) atoms. The minimum Gasteiger partial charge on any atom is -0.441 e. The molecule has 0 bridgehead atoms. The summed E-state index contributed by atoms with van der Waals surface area (Å²) in [7, 11) is 0. The van der Waals surface area contributed by atoms with Gasteiger partial charge in [0.05, 0.1) is 29.5 Å². The molecule has 0 spiro atoms. The first kappa shape index (κ1) is 27.9. The number of fused-ring (bicyclic) bond motifs is 1. The molecule has 0 N–H and O–H groups in total. The second-order valence-corrected chi connectivity index (χ2v) is 9.21. The number of aryl methyl sites for hydroxylation is 1. The van der Waals surface area contributed by atoms with Crippen LogP contribution in [-0.2, 0) is 35.3 Å². The van der Waals surface area contributed by atoms with Gasteiger partial charge in [-0.25, -0.2) is 4.79 Å². The lowest BCUT2D eigenvalue weighted by molar-refractivity contribution is -0.150. The Morgan fingerprint density at radius 3 is 2.46 bits per heavy atom. The Hall–Kier alpha value is -4.09. The average molecular weight is 546 g/mol. The standard InChI is InChI=1S/C27H30F3N5O4/c1-5-11-34-25(37)24-22(33(7-3)26(34)38)13-21(35(24)23(6-2)39-17(4)36)19-14-31-32(16-19)15-18-9-8-10-20(12-18)27(28,29)30/h8-10,12-14,16,23H,5-7,11,15H2,1-4H3. The van der Waals surface area contributed by atoms with Crippen molar-refractivity contribution in [1.82, 2.24) is 23.5 Å². The topological polar surface area (TPSA) is 93.1 Å². The van der Waals surface area contributed by atoms with Crippen LogP contribution in [0.25, 0.3) is 22.3 Å². The Kier molecular flexibility index (Phi) is 7.84. The highest BCUT2D eigenvalue weighted by Gasteiger charge is 2.30. The maximum atomic E-state index is 13.6. The molecule has 0 aliphatic heterocycles. The molecule has 0 saturated carbocycles. The first-order valence-corrected chi connectivity index (χ1v) is 12.7. The molecule has 208 valence electrons. The van der Waals surface area contributed by atoms with E-state index in [1.807, 2.05) is 6.92 Å². The molecule has 0 aliphatic carbocycles. The van der Waals surface area contributed by atoms with E-state index in [0.717, 1.165) is 12.1 Å². The van der Waals surface area contributed by atoms with E-state index in [1.54, 1.807) is 36.7 Å². The monoisotopic (exact) mass is 545 g/mol. The number of esters is 1. The number of hydrogen-bond acceptors (Lipinski definition) is 5. The number of ether oxygens (including phenoxy) is 1. The molecule has 0 fully saturated rings. The van der Waals surface area contributed by atoms with Crippen molar-refractivity contribution in [2.45, 2.75) is 72.6 Å². The molecule has 0 saturated heterocycles. The van der Waals surface area contributed by atoms with Gasteiger partial charge in [0, 0.05) is 38.2 Å². The predicted octanol–water partition coefficient (Wildman–Crippen LogP) is 4.80. The van der Waals surface area contributed by atoms with E-state index in [4.69, 9.17) is 4.74 Å². The molecule has 1 unspecified atom stereocenters. The molecule has 1 atom stereocenters. The molecular formula is C27H30F3N5O4. The highest BCUT2D eigenvalue weighted by atomic mass is 19.4. The van der Waals surface area contributed by atoms with Gasteiger partial charge in [-0.1, -0.05) is 26.0 Å². The Bertz CT molecular complexity index is 1630. The van der Waals surface area contributed by atoms with Crippen LogP contribution in [0.1, 0.15) is 57.9 Å². The van der Waals surface area contributed by atoms with Crippen molar-refractivity contribution < 1.29 is 22.7 Å². The number of rotatable bonds is 9. The molecule has 0 aliphatic rings. The van der Waals surface area contributed by atoms with E-state index in [-0.39, 0.29) is 18.6 Å². The van der Waals surface area contributed by atoms with Crippen LogP contribution in [0.4, 0.5) is 13.2 Å². The molecule has 12 heteroatoms. The zero-order chi connectivity index (χ0) is 28.5. The molecule has 3 aromatic heterocycles. The van der Waals surface area contributed by atoms with Crippen molar-refractivity contribution in [3.63, 3.8) is 0 Å². The van der Waals surface area contributed by atoms with Crippen LogP contribution < -0.4 is 11.2 Å². The molecule has 9 nitrogen and oxygen atoms in total. The number of hydrogen-bond donors (Lipinski definition) is 0. The Balaban J connectivity index is 1.90. The van der Waals surface area contributed by atoms with Crippen LogP contribution in [-0.4, -0.2) is 29.5 Å². The average Bonchev–Trinajstić information content (AvgIpc) is 3.50. The van der Waals surface area contributed by atoms with Crippen LogP contribution in [0, 0.1) is 0 Å². The minimum absolute atomic E-state index is 0.0777. The molecule has 0 radical (unpaired) electrons. The molecule has 3 heterocycles. The summed E-state index contributed by atoms with van der Waals surface area (Å²) in [5.74, 6) is -0.535. The quantitative estimate of drug-likeness (QED) is 0.282. The van der Waals surface area contributed by atoms with Gasteiger partial charge in [0.15, 0.2) is 6.23 Å². The van der Waals surface area contributed by atoms with Crippen LogP contribution >= 0.6 is 0 Å². The van der Waals surface area contributed by atoms with Crippen molar-refractivity contribution in [2.24, 2.45) is 0 Å². The third-order valence-electron chi connectivity index (χ3n) is 6.45. The first-order valence-electron chi connectivity index (χ1n) is 12.7. The largest absolute Gasteiger partial charge is 0.441 e. The van der Waals surface area contributed by atoms with E-state index in [1.165, 1.54) is 33.0 Å². The van der Waals surface area contributed by atoms with Crippen molar-refractivity contribution in [3.8, 4) is 11.3 Å². The highest BCUT2D eigenvalue weighted by molar-refractivity contribution is 5.84. The summed E-state index contributed by atoms with van der Waals surface area (Å²) >= 11 is 0. The smallest absolute Gasteiger partial charge is 0.416 e. The van der Waals surface area contributed by atoms with Crippen LogP contribution in [0.5, 0.6) is 0 Å². The second-order valence-electron chi connectivity index (χ2n) is 9.21. The summed E-state index contributed by atoms with van der Waals surface area (Å²) in [6, 6.07) is 6.70. The molecule has 4 rings (SSSR count). The van der Waals surface area contributed by atoms with Crippen LogP contribution in [0.15, 0.2) is 52.3 Å². The summed E-state index contributed by atoms with van der Waals surface area (Å²) in [5, 5.41) is 4.33. The number of aromatic nitrogens is 5. The van der Waals surface area contributed by atoms with E-state index in [9.17, 15) is 27.6 Å². The van der Waals surface area contributed by atoms with Gasteiger partial charge in [0.1, 0.15) is 5.52 Å². The molecule has 1 aromatic carbocycles. The third-order valence-corrected chi connectivity index (χ3v) is 6.45. The number of alkyl halides is 3. The summed E-state index contributed by atoms with van der Waals surface area (Å²) in [4.78, 5) is 38.7. The van der Waals surface area contributed by atoms with Crippen molar-refractivity contribution >= 4 is 17.0 Å². The highest BCUT2D eigenvalue weighted by Crippen LogP contribution is 2.32. The zero-order valence-electron chi connectivity index (χ0n) is 22.2. The van der Waals surface area contributed by atoms with Crippen molar-refractivity contribution in [2.75, 3.05) is 0 Å². The zero-order valence-corrected chi connectivity index (χ0v) is 22.2. The van der Waals surface area contributed by atoms with E-state index in [2.05, 4.69) is 5.10 Å². The van der Waals surface area contributed by atoms with E-state index >= 15 is 0 Å². The predicted molar refractivity (Wildman–Crippen MR) is 139 cm³/mol. The molecule has 0 amide bonds. The van der Waals surface area contributed by atoms with Crippen LogP contribution in [0.3, 0.4) is 0 Å². The first-order chi connectivity index (χ1) is 18.5. The van der Waals surface area contributed by atoms with Gasteiger partial charge in [0.2, 0.25) is 0 Å². The van der Waals surface area contributed by atoms with Gasteiger partial charge < -0.3 is 4.74 Å².